The normalized spacial score (nSPS) is 12.9. The number of benzene rings is 2. The van der Waals surface area contributed by atoms with Gasteiger partial charge in [0.1, 0.15) is 6.29 Å². The number of hydrogen-bond donors (Lipinski definition) is 1. The van der Waals surface area contributed by atoms with E-state index in [0.717, 1.165) is 30.4 Å². The third kappa shape index (κ3) is 1.82. The molecule has 0 unspecified atom stereocenters. The summed E-state index contributed by atoms with van der Waals surface area (Å²) in [6, 6.07) is 14.2. The lowest BCUT2D eigenvalue weighted by Crippen LogP contribution is -1.94. The van der Waals surface area contributed by atoms with Crippen LogP contribution in [0.25, 0.3) is 0 Å². The van der Waals surface area contributed by atoms with Crippen molar-refractivity contribution in [2.75, 3.05) is 5.32 Å². The maximum absolute atomic E-state index is 10.8. The molecule has 2 aromatic rings. The van der Waals surface area contributed by atoms with Crippen molar-refractivity contribution in [3.8, 4) is 0 Å². The summed E-state index contributed by atoms with van der Waals surface area (Å²) in [5.41, 5.74) is 5.57. The van der Waals surface area contributed by atoms with Crippen LogP contribution in [0.2, 0.25) is 0 Å². The van der Waals surface area contributed by atoms with Gasteiger partial charge in [-0.2, -0.15) is 0 Å². The van der Waals surface area contributed by atoms with Gasteiger partial charge in [0.15, 0.2) is 0 Å². The van der Waals surface area contributed by atoms with E-state index >= 15 is 0 Å². The summed E-state index contributed by atoms with van der Waals surface area (Å²) in [5.74, 6) is 0. The van der Waals surface area contributed by atoms with Gasteiger partial charge in [0.05, 0.1) is 0 Å². The fourth-order valence-electron chi connectivity index (χ4n) is 2.29. The lowest BCUT2D eigenvalue weighted by atomic mass is 10.0. The first-order chi connectivity index (χ1) is 8.36. The Kier molecular flexibility index (Phi) is 2.41. The molecule has 1 aliphatic heterocycles. The van der Waals surface area contributed by atoms with Crippen molar-refractivity contribution < 1.29 is 4.79 Å². The van der Waals surface area contributed by atoms with Gasteiger partial charge in [-0.3, -0.25) is 4.79 Å². The van der Waals surface area contributed by atoms with Crippen LogP contribution in [0.15, 0.2) is 42.5 Å². The van der Waals surface area contributed by atoms with Gasteiger partial charge in [-0.15, -0.1) is 0 Å². The number of aryl methyl sites for hydroxylation is 2. The van der Waals surface area contributed by atoms with Crippen LogP contribution in [0.4, 0.5) is 11.4 Å². The number of aldehydes is 1. The Labute approximate surface area is 100 Å². The van der Waals surface area contributed by atoms with Gasteiger partial charge >= 0.3 is 0 Å². The van der Waals surface area contributed by atoms with Gasteiger partial charge in [-0.05, 0) is 48.2 Å². The maximum Gasteiger partial charge on any atom is 0.150 e. The first kappa shape index (κ1) is 10.1. The summed E-state index contributed by atoms with van der Waals surface area (Å²) in [6.07, 6.45) is 2.89. The SMILES string of the molecule is O=Cc1ccc2c(c1)CCc1ccccc1N2. The first-order valence-electron chi connectivity index (χ1n) is 5.80. The summed E-state index contributed by atoms with van der Waals surface area (Å²) in [7, 11) is 0. The standard InChI is InChI=1S/C15H13NO/c17-10-11-5-8-15-13(9-11)7-6-12-3-1-2-4-14(12)16-15/h1-5,8-10,16H,6-7H2. The van der Waals surface area contributed by atoms with Crippen molar-refractivity contribution in [2.24, 2.45) is 0 Å². The van der Waals surface area contributed by atoms with Crippen LogP contribution >= 0.6 is 0 Å². The number of para-hydroxylation sites is 1. The highest BCUT2D eigenvalue weighted by Gasteiger charge is 2.12. The van der Waals surface area contributed by atoms with E-state index in [2.05, 4.69) is 23.5 Å². The number of fused-ring (bicyclic) bond motifs is 2. The van der Waals surface area contributed by atoms with Gasteiger partial charge in [0.25, 0.3) is 0 Å². The van der Waals surface area contributed by atoms with E-state index in [-0.39, 0.29) is 0 Å². The zero-order chi connectivity index (χ0) is 11.7. The van der Waals surface area contributed by atoms with E-state index < -0.39 is 0 Å². The van der Waals surface area contributed by atoms with Crippen molar-refractivity contribution in [1.82, 2.24) is 0 Å². The van der Waals surface area contributed by atoms with Crippen LogP contribution in [0, 0.1) is 0 Å². The Balaban J connectivity index is 2.06. The van der Waals surface area contributed by atoms with Crippen LogP contribution in [0.5, 0.6) is 0 Å². The van der Waals surface area contributed by atoms with E-state index in [4.69, 9.17) is 0 Å². The topological polar surface area (TPSA) is 29.1 Å². The Morgan fingerprint density at radius 1 is 0.941 bits per heavy atom. The molecule has 17 heavy (non-hydrogen) atoms. The highest BCUT2D eigenvalue weighted by molar-refractivity contribution is 5.78. The van der Waals surface area contributed by atoms with Crippen LogP contribution in [-0.2, 0) is 12.8 Å². The minimum Gasteiger partial charge on any atom is -0.355 e. The molecule has 0 bridgehead atoms. The van der Waals surface area contributed by atoms with Crippen molar-refractivity contribution in [2.45, 2.75) is 12.8 Å². The number of carbonyl (C=O) groups is 1. The number of nitrogens with one attached hydrogen (secondary N) is 1. The average Bonchev–Trinajstić information content (AvgIpc) is 2.57. The Hall–Kier alpha value is -2.09. The van der Waals surface area contributed by atoms with Crippen LogP contribution in [0.3, 0.4) is 0 Å². The fraction of sp³-hybridized carbons (Fsp3) is 0.133. The smallest absolute Gasteiger partial charge is 0.150 e. The van der Waals surface area contributed by atoms with Crippen molar-refractivity contribution in [3.63, 3.8) is 0 Å². The van der Waals surface area contributed by atoms with Crippen LogP contribution < -0.4 is 5.32 Å². The minimum atomic E-state index is 0.747. The number of carbonyl (C=O) groups excluding carboxylic acids is 1. The molecule has 0 fully saturated rings. The largest absolute Gasteiger partial charge is 0.355 e. The quantitative estimate of drug-likeness (QED) is 0.751. The second kappa shape index (κ2) is 4.06. The molecule has 1 N–H and O–H groups in total. The molecule has 2 nitrogen and oxygen atoms in total. The molecular weight excluding hydrogens is 210 g/mol. The molecule has 0 saturated carbocycles. The van der Waals surface area contributed by atoms with Gasteiger partial charge < -0.3 is 5.32 Å². The molecule has 1 heterocycles. The molecule has 0 spiro atoms. The van der Waals surface area contributed by atoms with Crippen LogP contribution in [-0.4, -0.2) is 6.29 Å². The van der Waals surface area contributed by atoms with Gasteiger partial charge in [0, 0.05) is 16.9 Å². The third-order valence-electron chi connectivity index (χ3n) is 3.22. The average molecular weight is 223 g/mol. The lowest BCUT2D eigenvalue weighted by molar-refractivity contribution is 0.112. The summed E-state index contributed by atoms with van der Waals surface area (Å²) in [4.78, 5) is 10.8. The summed E-state index contributed by atoms with van der Waals surface area (Å²) < 4.78 is 0. The number of rotatable bonds is 1. The van der Waals surface area contributed by atoms with E-state index in [1.807, 2.05) is 24.3 Å². The van der Waals surface area contributed by atoms with E-state index in [0.29, 0.717) is 0 Å². The highest BCUT2D eigenvalue weighted by Crippen LogP contribution is 2.29. The first-order valence-corrected chi connectivity index (χ1v) is 5.80. The summed E-state index contributed by atoms with van der Waals surface area (Å²) in [6.45, 7) is 0. The van der Waals surface area contributed by atoms with Gasteiger partial charge in [-0.25, -0.2) is 0 Å². The molecule has 0 aromatic heterocycles. The monoisotopic (exact) mass is 223 g/mol. The second-order valence-corrected chi connectivity index (χ2v) is 4.32. The molecule has 1 aliphatic rings. The van der Waals surface area contributed by atoms with E-state index in [1.54, 1.807) is 0 Å². The predicted molar refractivity (Wildman–Crippen MR) is 69.0 cm³/mol. The minimum absolute atomic E-state index is 0.747. The van der Waals surface area contributed by atoms with Crippen molar-refractivity contribution >= 4 is 17.7 Å². The molecule has 0 aliphatic carbocycles. The molecule has 84 valence electrons. The zero-order valence-corrected chi connectivity index (χ0v) is 9.44. The molecule has 2 heteroatoms. The van der Waals surface area contributed by atoms with Crippen LogP contribution in [0.1, 0.15) is 21.5 Å². The Morgan fingerprint density at radius 3 is 2.59 bits per heavy atom. The van der Waals surface area contributed by atoms with Gasteiger partial charge in [-0.1, -0.05) is 18.2 Å². The number of hydrogen-bond acceptors (Lipinski definition) is 2. The fourth-order valence-corrected chi connectivity index (χ4v) is 2.29. The molecule has 3 rings (SSSR count). The molecular formula is C15H13NO. The Morgan fingerprint density at radius 2 is 1.71 bits per heavy atom. The van der Waals surface area contributed by atoms with E-state index in [9.17, 15) is 4.79 Å². The second-order valence-electron chi connectivity index (χ2n) is 4.32. The van der Waals surface area contributed by atoms with E-state index in [1.165, 1.54) is 16.8 Å². The molecule has 0 saturated heterocycles. The third-order valence-corrected chi connectivity index (χ3v) is 3.22. The number of anilines is 2. The lowest BCUT2D eigenvalue weighted by Gasteiger charge is -2.09. The zero-order valence-electron chi connectivity index (χ0n) is 9.44. The van der Waals surface area contributed by atoms with Gasteiger partial charge in [0.2, 0.25) is 0 Å². The van der Waals surface area contributed by atoms with Crippen molar-refractivity contribution in [3.05, 3.63) is 59.2 Å². The highest BCUT2D eigenvalue weighted by atomic mass is 16.1. The molecule has 0 amide bonds. The summed E-state index contributed by atoms with van der Waals surface area (Å²) >= 11 is 0. The van der Waals surface area contributed by atoms with Crippen molar-refractivity contribution in [1.29, 1.82) is 0 Å². The molecule has 0 atom stereocenters. The maximum atomic E-state index is 10.8. The Bertz CT molecular complexity index is 575. The summed E-state index contributed by atoms with van der Waals surface area (Å²) in [5, 5.41) is 3.44. The predicted octanol–water partition coefficient (Wildman–Crippen LogP) is 3.34. The molecule has 0 radical (unpaired) electrons. The molecule has 2 aromatic carbocycles.